The third kappa shape index (κ3) is 7.51. The van der Waals surface area contributed by atoms with Crippen LogP contribution in [0.5, 0.6) is 11.6 Å². The van der Waals surface area contributed by atoms with Gasteiger partial charge < -0.3 is 24.6 Å². The minimum absolute atomic E-state index is 0.0471. The van der Waals surface area contributed by atoms with E-state index in [1.807, 2.05) is 5.32 Å². The average Bonchev–Trinajstić information content (AvgIpc) is 2.59. The summed E-state index contributed by atoms with van der Waals surface area (Å²) in [5.41, 5.74) is 0.158. The Morgan fingerprint density at radius 2 is 2.00 bits per heavy atom. The van der Waals surface area contributed by atoms with Crippen LogP contribution in [0.1, 0.15) is 43.0 Å². The first-order valence-corrected chi connectivity index (χ1v) is 7.86. The molecule has 0 unspecified atom stereocenters. The van der Waals surface area contributed by atoms with Gasteiger partial charge in [-0.3, -0.25) is 4.79 Å². The van der Waals surface area contributed by atoms with Crippen molar-refractivity contribution in [2.24, 2.45) is 0 Å². The molecule has 0 spiro atoms. The molecule has 0 aromatic carbocycles. The number of carboxylic acids is 1. The number of carbonyl (C=O) groups excluding carboxylic acids is 2. The maximum Gasteiger partial charge on any atom is 0.414 e. The molecule has 1 amide bonds. The number of esters is 1. The van der Waals surface area contributed by atoms with Gasteiger partial charge in [-0.15, -0.1) is 0 Å². The fourth-order valence-corrected chi connectivity index (χ4v) is 1.82. The zero-order valence-electron chi connectivity index (χ0n) is 14.2. The highest BCUT2D eigenvalue weighted by Crippen LogP contribution is 2.25. The van der Waals surface area contributed by atoms with Gasteiger partial charge in [-0.1, -0.05) is 26.2 Å². The van der Waals surface area contributed by atoms with Crippen molar-refractivity contribution in [3.8, 4) is 11.6 Å². The number of amides is 1. The van der Waals surface area contributed by atoms with E-state index in [2.05, 4.69) is 11.9 Å². The van der Waals surface area contributed by atoms with E-state index in [0.29, 0.717) is 6.61 Å². The Morgan fingerprint density at radius 1 is 1.24 bits per heavy atom. The van der Waals surface area contributed by atoms with Crippen LogP contribution in [0, 0.1) is 0 Å². The number of pyridine rings is 1. The number of ether oxygens (including phenoxy) is 3. The van der Waals surface area contributed by atoms with Gasteiger partial charge in [0.15, 0.2) is 5.75 Å². The molecule has 0 saturated carbocycles. The van der Waals surface area contributed by atoms with Gasteiger partial charge in [0, 0.05) is 12.3 Å². The Bertz CT molecular complexity index is 604. The fourth-order valence-electron chi connectivity index (χ4n) is 1.82. The van der Waals surface area contributed by atoms with Crippen LogP contribution in [0.4, 0.5) is 4.79 Å². The van der Waals surface area contributed by atoms with Crippen LogP contribution in [0.3, 0.4) is 0 Å². The van der Waals surface area contributed by atoms with Gasteiger partial charge >= 0.3 is 18.0 Å². The van der Waals surface area contributed by atoms with Crippen LogP contribution in [-0.2, 0) is 9.53 Å². The molecule has 0 radical (unpaired) electrons. The Morgan fingerprint density at radius 3 is 2.64 bits per heavy atom. The Labute approximate surface area is 145 Å². The lowest BCUT2D eigenvalue weighted by atomic mass is 10.2. The van der Waals surface area contributed by atoms with E-state index < -0.39 is 24.6 Å². The Hall–Kier alpha value is -2.84. The predicted molar refractivity (Wildman–Crippen MR) is 86.9 cm³/mol. The summed E-state index contributed by atoms with van der Waals surface area (Å²) in [6.45, 7) is 1.82. The molecule has 25 heavy (non-hydrogen) atoms. The standard InChI is InChI=1S/C16H22N2O7/c1-3-4-5-6-7-24-15(21)11-8-12(23-2)14(17-9-11)25-16(22)18-10-13(19)20/h8-9H,3-7,10H2,1-2H3,(H,18,22)(H,19,20). The molecule has 0 saturated heterocycles. The number of nitrogens with one attached hydrogen (secondary N) is 1. The van der Waals surface area contributed by atoms with Crippen molar-refractivity contribution in [2.75, 3.05) is 20.3 Å². The molecule has 138 valence electrons. The lowest BCUT2D eigenvalue weighted by molar-refractivity contribution is -0.135. The maximum absolute atomic E-state index is 12.0. The molecule has 0 aliphatic rings. The highest BCUT2D eigenvalue weighted by Gasteiger charge is 2.16. The SMILES string of the molecule is CCCCCCOC(=O)c1cnc(OC(=O)NCC(=O)O)c(OC)c1. The minimum Gasteiger partial charge on any atom is -0.491 e. The quantitative estimate of drug-likeness (QED) is 0.483. The minimum atomic E-state index is -1.21. The van der Waals surface area contributed by atoms with Crippen LogP contribution in [0.25, 0.3) is 0 Å². The molecule has 9 heteroatoms. The first kappa shape index (κ1) is 20.2. The number of aliphatic carboxylic acids is 1. The van der Waals surface area contributed by atoms with Gasteiger partial charge in [-0.2, -0.15) is 0 Å². The van der Waals surface area contributed by atoms with Crippen molar-refractivity contribution in [1.82, 2.24) is 10.3 Å². The van der Waals surface area contributed by atoms with Crippen molar-refractivity contribution in [2.45, 2.75) is 32.6 Å². The number of carboxylic acid groups (broad SMARTS) is 1. The third-order valence-corrected chi connectivity index (χ3v) is 3.08. The van der Waals surface area contributed by atoms with E-state index in [9.17, 15) is 14.4 Å². The monoisotopic (exact) mass is 354 g/mol. The summed E-state index contributed by atoms with van der Waals surface area (Å²) in [6.07, 6.45) is 4.15. The van der Waals surface area contributed by atoms with Crippen molar-refractivity contribution in [3.05, 3.63) is 17.8 Å². The summed E-state index contributed by atoms with van der Waals surface area (Å²) in [4.78, 5) is 37.6. The highest BCUT2D eigenvalue weighted by atomic mass is 16.6. The van der Waals surface area contributed by atoms with Crippen LogP contribution in [-0.4, -0.2) is 48.4 Å². The highest BCUT2D eigenvalue weighted by molar-refractivity contribution is 5.89. The Balaban J connectivity index is 2.63. The van der Waals surface area contributed by atoms with Gasteiger partial charge in [0.2, 0.25) is 0 Å². The van der Waals surface area contributed by atoms with Crippen molar-refractivity contribution in [3.63, 3.8) is 0 Å². The van der Waals surface area contributed by atoms with Crippen molar-refractivity contribution in [1.29, 1.82) is 0 Å². The second kappa shape index (κ2) is 10.8. The van der Waals surface area contributed by atoms with Crippen LogP contribution >= 0.6 is 0 Å². The number of nitrogens with zero attached hydrogens (tertiary/aromatic N) is 1. The summed E-state index contributed by atoms with van der Waals surface area (Å²) in [5.74, 6) is -1.91. The topological polar surface area (TPSA) is 124 Å². The van der Waals surface area contributed by atoms with Gasteiger partial charge in [0.1, 0.15) is 6.54 Å². The second-order valence-corrected chi connectivity index (χ2v) is 5.06. The number of hydrogen-bond acceptors (Lipinski definition) is 7. The third-order valence-electron chi connectivity index (χ3n) is 3.08. The number of methoxy groups -OCH3 is 1. The van der Waals surface area contributed by atoms with Crippen LogP contribution < -0.4 is 14.8 Å². The molecular formula is C16H22N2O7. The number of aromatic nitrogens is 1. The molecule has 0 fully saturated rings. The van der Waals surface area contributed by atoms with E-state index in [1.54, 1.807) is 0 Å². The molecule has 1 rings (SSSR count). The first-order valence-electron chi connectivity index (χ1n) is 7.86. The number of carbonyl (C=O) groups is 3. The van der Waals surface area contributed by atoms with Crippen LogP contribution in [0.15, 0.2) is 12.3 Å². The van der Waals surface area contributed by atoms with Gasteiger partial charge in [-0.05, 0) is 6.42 Å². The molecular weight excluding hydrogens is 332 g/mol. The molecule has 0 aliphatic heterocycles. The van der Waals surface area contributed by atoms with Gasteiger partial charge in [-0.25, -0.2) is 14.6 Å². The smallest absolute Gasteiger partial charge is 0.414 e. The molecule has 9 nitrogen and oxygen atoms in total. The largest absolute Gasteiger partial charge is 0.491 e. The molecule has 0 bridgehead atoms. The van der Waals surface area contributed by atoms with E-state index in [1.165, 1.54) is 19.4 Å². The summed E-state index contributed by atoms with van der Waals surface area (Å²) >= 11 is 0. The van der Waals surface area contributed by atoms with Gasteiger partial charge in [0.25, 0.3) is 5.88 Å². The normalized spacial score (nSPS) is 10.0. The lowest BCUT2D eigenvalue weighted by Gasteiger charge is -2.10. The first-order chi connectivity index (χ1) is 12.0. The van der Waals surface area contributed by atoms with Gasteiger partial charge in [0.05, 0.1) is 19.3 Å². The summed E-state index contributed by atoms with van der Waals surface area (Å²) < 4.78 is 15.0. The van der Waals surface area contributed by atoms with E-state index in [4.69, 9.17) is 19.3 Å². The fraction of sp³-hybridized carbons (Fsp3) is 0.500. The van der Waals surface area contributed by atoms with E-state index >= 15 is 0 Å². The summed E-state index contributed by atoms with van der Waals surface area (Å²) in [6, 6.07) is 1.33. The predicted octanol–water partition coefficient (Wildman–Crippen LogP) is 2.00. The number of hydrogen-bond donors (Lipinski definition) is 2. The average molecular weight is 354 g/mol. The number of rotatable bonds is 10. The second-order valence-electron chi connectivity index (χ2n) is 5.06. The Kier molecular flexibility index (Phi) is 8.77. The molecule has 1 aromatic heterocycles. The summed E-state index contributed by atoms with van der Waals surface area (Å²) in [5, 5.41) is 10.5. The molecule has 0 atom stereocenters. The molecule has 0 aliphatic carbocycles. The summed E-state index contributed by atoms with van der Waals surface area (Å²) in [7, 11) is 1.32. The molecule has 2 N–H and O–H groups in total. The van der Waals surface area contributed by atoms with E-state index in [0.717, 1.165) is 25.7 Å². The van der Waals surface area contributed by atoms with Crippen molar-refractivity contribution < 1.29 is 33.7 Å². The molecule has 1 aromatic rings. The molecule has 1 heterocycles. The maximum atomic E-state index is 12.0. The van der Waals surface area contributed by atoms with Crippen LogP contribution in [0.2, 0.25) is 0 Å². The zero-order valence-corrected chi connectivity index (χ0v) is 14.2. The number of unbranched alkanes of at least 4 members (excludes halogenated alkanes) is 3. The zero-order chi connectivity index (χ0) is 18.7. The van der Waals surface area contributed by atoms with E-state index in [-0.39, 0.29) is 17.2 Å². The van der Waals surface area contributed by atoms with Crippen molar-refractivity contribution >= 4 is 18.0 Å². The lowest BCUT2D eigenvalue weighted by Crippen LogP contribution is -2.32.